The normalized spacial score (nSPS) is 11.1. The van der Waals surface area contributed by atoms with E-state index in [1.807, 2.05) is 42.8 Å². The Labute approximate surface area is 132 Å². The molecule has 3 aromatic rings. The van der Waals surface area contributed by atoms with Crippen LogP contribution < -0.4 is 0 Å². The molecule has 0 unspecified atom stereocenters. The molecule has 0 saturated heterocycles. The van der Waals surface area contributed by atoms with E-state index < -0.39 is 4.92 Å². The van der Waals surface area contributed by atoms with Crippen LogP contribution >= 0.6 is 0 Å². The SMILES string of the molecule is Cc1ncc([N+](=O)[O-])n1CC(=O)c1c(C)n(C)c2ccccc12. The lowest BCUT2D eigenvalue weighted by molar-refractivity contribution is -0.392. The number of fused-ring (bicyclic) bond motifs is 1. The summed E-state index contributed by atoms with van der Waals surface area (Å²) in [5, 5.41) is 11.9. The zero-order valence-corrected chi connectivity index (χ0v) is 13.1. The van der Waals surface area contributed by atoms with Crippen LogP contribution in [0, 0.1) is 24.0 Å². The second-order valence-corrected chi connectivity index (χ2v) is 5.47. The second kappa shape index (κ2) is 5.35. The molecule has 2 heterocycles. The van der Waals surface area contributed by atoms with Crippen molar-refractivity contribution in [3.8, 4) is 0 Å². The first-order valence-electron chi connectivity index (χ1n) is 7.15. The number of para-hydroxylation sites is 1. The third kappa shape index (κ3) is 2.30. The molecular formula is C16H16N4O3. The van der Waals surface area contributed by atoms with Crippen molar-refractivity contribution in [1.29, 1.82) is 0 Å². The quantitative estimate of drug-likeness (QED) is 0.421. The molecule has 0 spiro atoms. The fraction of sp³-hybridized carbons (Fsp3) is 0.250. The molecule has 7 nitrogen and oxygen atoms in total. The predicted octanol–water partition coefficient (Wildman–Crippen LogP) is 2.78. The van der Waals surface area contributed by atoms with Crippen molar-refractivity contribution in [2.75, 3.05) is 0 Å². The number of carbonyl (C=O) groups excluding carboxylic acids is 1. The van der Waals surface area contributed by atoms with E-state index >= 15 is 0 Å². The van der Waals surface area contributed by atoms with Crippen molar-refractivity contribution in [3.05, 3.63) is 57.7 Å². The third-order valence-corrected chi connectivity index (χ3v) is 4.20. The van der Waals surface area contributed by atoms with Crippen molar-refractivity contribution < 1.29 is 9.72 Å². The van der Waals surface area contributed by atoms with Crippen LogP contribution in [0.5, 0.6) is 0 Å². The summed E-state index contributed by atoms with van der Waals surface area (Å²) in [4.78, 5) is 27.3. The van der Waals surface area contributed by atoms with E-state index in [1.165, 1.54) is 10.8 Å². The van der Waals surface area contributed by atoms with Gasteiger partial charge >= 0.3 is 5.82 Å². The van der Waals surface area contributed by atoms with Gasteiger partial charge in [0.05, 0.1) is 5.56 Å². The second-order valence-electron chi connectivity index (χ2n) is 5.47. The van der Waals surface area contributed by atoms with E-state index in [9.17, 15) is 14.9 Å². The van der Waals surface area contributed by atoms with Gasteiger partial charge in [-0.05, 0) is 17.9 Å². The Balaban J connectivity index is 2.08. The number of Topliss-reactive ketones (excluding diaryl/α,β-unsaturated/α-hetero) is 1. The molecule has 0 saturated carbocycles. The maximum absolute atomic E-state index is 12.8. The van der Waals surface area contributed by atoms with Crippen molar-refractivity contribution in [2.24, 2.45) is 7.05 Å². The molecule has 0 N–H and O–H groups in total. The van der Waals surface area contributed by atoms with Gasteiger partial charge in [-0.1, -0.05) is 18.2 Å². The number of carbonyl (C=O) groups is 1. The Hall–Kier alpha value is -2.96. The number of hydrogen-bond acceptors (Lipinski definition) is 4. The number of aromatic nitrogens is 3. The summed E-state index contributed by atoms with van der Waals surface area (Å²) in [6.07, 6.45) is 1.18. The average Bonchev–Trinajstić information content (AvgIpc) is 2.99. The van der Waals surface area contributed by atoms with Gasteiger partial charge in [0, 0.05) is 30.6 Å². The first kappa shape index (κ1) is 15.0. The lowest BCUT2D eigenvalue weighted by atomic mass is 10.1. The van der Waals surface area contributed by atoms with Crippen LogP contribution in [-0.4, -0.2) is 24.8 Å². The Morgan fingerprint density at radius 3 is 2.70 bits per heavy atom. The highest BCUT2D eigenvalue weighted by atomic mass is 16.6. The van der Waals surface area contributed by atoms with Gasteiger partial charge in [-0.2, -0.15) is 0 Å². The van der Waals surface area contributed by atoms with Crippen LogP contribution in [0.15, 0.2) is 30.5 Å². The third-order valence-electron chi connectivity index (χ3n) is 4.20. The summed E-state index contributed by atoms with van der Waals surface area (Å²) in [5.74, 6) is 0.111. The molecule has 0 atom stereocenters. The van der Waals surface area contributed by atoms with Crippen LogP contribution in [-0.2, 0) is 13.6 Å². The number of imidazole rings is 1. The molecule has 0 aliphatic rings. The molecule has 0 radical (unpaired) electrons. The highest BCUT2D eigenvalue weighted by molar-refractivity contribution is 6.09. The summed E-state index contributed by atoms with van der Waals surface area (Å²) in [5.41, 5.74) is 2.41. The van der Waals surface area contributed by atoms with Crippen LogP contribution in [0.2, 0.25) is 0 Å². The Bertz CT molecular complexity index is 936. The molecule has 0 bridgehead atoms. The van der Waals surface area contributed by atoms with E-state index in [2.05, 4.69) is 4.98 Å². The number of nitro groups is 1. The van der Waals surface area contributed by atoms with Gasteiger partial charge in [0.1, 0.15) is 6.20 Å². The van der Waals surface area contributed by atoms with Gasteiger partial charge < -0.3 is 14.7 Å². The Morgan fingerprint density at radius 2 is 2.00 bits per heavy atom. The first-order valence-corrected chi connectivity index (χ1v) is 7.15. The fourth-order valence-corrected chi connectivity index (χ4v) is 2.89. The fourth-order valence-electron chi connectivity index (χ4n) is 2.89. The van der Waals surface area contributed by atoms with Crippen LogP contribution in [0.4, 0.5) is 5.82 Å². The largest absolute Gasteiger partial charge is 0.358 e. The molecule has 118 valence electrons. The highest BCUT2D eigenvalue weighted by Crippen LogP contribution is 2.26. The molecule has 0 aliphatic heterocycles. The number of nitrogens with zero attached hydrogens (tertiary/aromatic N) is 4. The zero-order chi connectivity index (χ0) is 16.7. The number of ketones is 1. The van der Waals surface area contributed by atoms with E-state index in [0.717, 1.165) is 16.6 Å². The van der Waals surface area contributed by atoms with Crippen LogP contribution in [0.1, 0.15) is 21.9 Å². The number of benzene rings is 1. The molecule has 23 heavy (non-hydrogen) atoms. The van der Waals surface area contributed by atoms with E-state index in [1.54, 1.807) is 6.92 Å². The predicted molar refractivity (Wildman–Crippen MR) is 85.6 cm³/mol. The highest BCUT2D eigenvalue weighted by Gasteiger charge is 2.24. The van der Waals surface area contributed by atoms with Crippen LogP contribution in [0.3, 0.4) is 0 Å². The summed E-state index contributed by atoms with van der Waals surface area (Å²) in [7, 11) is 1.90. The van der Waals surface area contributed by atoms with Crippen molar-refractivity contribution >= 4 is 22.5 Å². The van der Waals surface area contributed by atoms with Gasteiger partial charge in [0.2, 0.25) is 5.78 Å². The standard InChI is InChI=1S/C16H16N4O3/c1-10-16(12-6-4-5-7-13(12)18(10)3)14(21)9-19-11(2)17-8-15(19)20(22)23/h4-8H,9H2,1-3H3. The smallest absolute Gasteiger partial charge is 0.343 e. The monoisotopic (exact) mass is 312 g/mol. The summed E-state index contributed by atoms with van der Waals surface area (Å²) in [6.45, 7) is 3.43. The minimum Gasteiger partial charge on any atom is -0.358 e. The van der Waals surface area contributed by atoms with E-state index in [-0.39, 0.29) is 18.1 Å². The number of hydrogen-bond donors (Lipinski definition) is 0. The average molecular weight is 312 g/mol. The molecule has 3 rings (SSSR count). The summed E-state index contributed by atoms with van der Waals surface area (Å²) < 4.78 is 3.29. The summed E-state index contributed by atoms with van der Waals surface area (Å²) in [6, 6.07) is 7.64. The zero-order valence-electron chi connectivity index (χ0n) is 13.1. The van der Waals surface area contributed by atoms with Gasteiger partial charge in [-0.3, -0.25) is 4.79 Å². The lowest BCUT2D eigenvalue weighted by Gasteiger charge is -2.04. The summed E-state index contributed by atoms with van der Waals surface area (Å²) >= 11 is 0. The number of aryl methyl sites for hydroxylation is 2. The van der Waals surface area contributed by atoms with Gasteiger partial charge in [0.25, 0.3) is 0 Å². The molecule has 0 amide bonds. The van der Waals surface area contributed by atoms with Crippen molar-refractivity contribution in [2.45, 2.75) is 20.4 Å². The topological polar surface area (TPSA) is 83.0 Å². The van der Waals surface area contributed by atoms with Crippen LogP contribution in [0.25, 0.3) is 10.9 Å². The Kier molecular flexibility index (Phi) is 3.48. The molecular weight excluding hydrogens is 296 g/mol. The van der Waals surface area contributed by atoms with Gasteiger partial charge in [0.15, 0.2) is 12.4 Å². The Morgan fingerprint density at radius 1 is 1.30 bits per heavy atom. The molecule has 0 aliphatic carbocycles. The minimum absolute atomic E-state index is 0.100. The van der Waals surface area contributed by atoms with E-state index in [0.29, 0.717) is 11.4 Å². The number of rotatable bonds is 4. The van der Waals surface area contributed by atoms with Gasteiger partial charge in [-0.15, -0.1) is 0 Å². The lowest BCUT2D eigenvalue weighted by Crippen LogP contribution is -2.14. The van der Waals surface area contributed by atoms with Gasteiger partial charge in [-0.25, -0.2) is 9.55 Å². The molecule has 7 heteroatoms. The molecule has 2 aromatic heterocycles. The minimum atomic E-state index is -0.525. The molecule has 0 fully saturated rings. The van der Waals surface area contributed by atoms with E-state index in [4.69, 9.17) is 0 Å². The van der Waals surface area contributed by atoms with Crippen molar-refractivity contribution in [1.82, 2.24) is 14.1 Å². The molecule has 1 aromatic carbocycles. The maximum atomic E-state index is 12.8. The maximum Gasteiger partial charge on any atom is 0.343 e. The first-order chi connectivity index (χ1) is 10.9. The van der Waals surface area contributed by atoms with Crippen molar-refractivity contribution in [3.63, 3.8) is 0 Å².